The van der Waals surface area contributed by atoms with E-state index >= 15 is 0 Å². The zero-order chi connectivity index (χ0) is 9.19. The molecular formula is C8H5F3O. The Balaban J connectivity index is 3.11. The number of hydrogen-bond donors (Lipinski definition) is 0. The molecule has 1 rings (SSSR count). The average Bonchev–Trinajstić information content (AvgIpc) is 2.05. The summed E-state index contributed by atoms with van der Waals surface area (Å²) >= 11 is 0. The maximum absolute atomic E-state index is 12.5. The summed E-state index contributed by atoms with van der Waals surface area (Å²) in [6, 6.07) is 3.79. The number of halogens is 3. The molecule has 0 N–H and O–H groups in total. The molecule has 1 nitrogen and oxygen atoms in total. The van der Waals surface area contributed by atoms with Crippen molar-refractivity contribution in [3.8, 4) is 0 Å². The predicted octanol–water partition coefficient (Wildman–Crippen LogP) is 2.12. The molecule has 0 aliphatic rings. The molecule has 0 amide bonds. The van der Waals surface area contributed by atoms with E-state index in [1.54, 1.807) is 0 Å². The van der Waals surface area contributed by atoms with Crippen LogP contribution in [0.2, 0.25) is 0 Å². The molecule has 64 valence electrons. The van der Waals surface area contributed by atoms with E-state index < -0.39 is 23.6 Å². The highest BCUT2D eigenvalue weighted by molar-refractivity contribution is 5.63. The van der Waals surface area contributed by atoms with E-state index in [-0.39, 0.29) is 0 Å². The summed E-state index contributed by atoms with van der Waals surface area (Å²) < 4.78 is 37.4. The Morgan fingerprint density at radius 2 is 2.00 bits per heavy atom. The quantitative estimate of drug-likeness (QED) is 0.627. The molecule has 1 aromatic carbocycles. The zero-order valence-corrected chi connectivity index (χ0v) is 5.93. The fourth-order valence-corrected chi connectivity index (χ4v) is 0.764. The Morgan fingerprint density at radius 1 is 1.33 bits per heavy atom. The van der Waals surface area contributed by atoms with Gasteiger partial charge in [-0.2, -0.15) is 8.78 Å². The molecule has 0 atom stereocenters. The summed E-state index contributed by atoms with van der Waals surface area (Å²) in [7, 11) is 0. The SMILES string of the molecule is O=CC(F)(F)c1cccc(F)c1. The van der Waals surface area contributed by atoms with Crippen LogP contribution in [0, 0.1) is 5.82 Å². The molecular weight excluding hydrogens is 169 g/mol. The Kier molecular flexibility index (Phi) is 2.17. The van der Waals surface area contributed by atoms with Crippen molar-refractivity contribution in [3.63, 3.8) is 0 Å². The van der Waals surface area contributed by atoms with E-state index in [1.165, 1.54) is 0 Å². The molecule has 0 heterocycles. The van der Waals surface area contributed by atoms with Crippen LogP contribution in [0.4, 0.5) is 13.2 Å². The normalized spacial score (nSPS) is 11.2. The van der Waals surface area contributed by atoms with Crippen LogP contribution in [0.15, 0.2) is 24.3 Å². The van der Waals surface area contributed by atoms with Crippen molar-refractivity contribution in [3.05, 3.63) is 35.6 Å². The molecule has 0 aliphatic carbocycles. The van der Waals surface area contributed by atoms with Gasteiger partial charge in [-0.15, -0.1) is 0 Å². The zero-order valence-electron chi connectivity index (χ0n) is 5.93. The van der Waals surface area contributed by atoms with Gasteiger partial charge < -0.3 is 0 Å². The molecule has 4 heteroatoms. The minimum Gasteiger partial charge on any atom is -0.296 e. The van der Waals surface area contributed by atoms with E-state index in [2.05, 4.69) is 0 Å². The van der Waals surface area contributed by atoms with Gasteiger partial charge in [0.15, 0.2) is 6.29 Å². The van der Waals surface area contributed by atoms with Gasteiger partial charge in [-0.25, -0.2) is 4.39 Å². The van der Waals surface area contributed by atoms with E-state index in [1.807, 2.05) is 0 Å². The third-order valence-electron chi connectivity index (χ3n) is 1.36. The van der Waals surface area contributed by atoms with E-state index in [0.29, 0.717) is 6.07 Å². The first-order valence-corrected chi connectivity index (χ1v) is 3.16. The largest absolute Gasteiger partial charge is 0.327 e. The van der Waals surface area contributed by atoms with Crippen molar-refractivity contribution in [2.75, 3.05) is 0 Å². The predicted molar refractivity (Wildman–Crippen MR) is 36.4 cm³/mol. The Hall–Kier alpha value is -1.32. The Morgan fingerprint density at radius 3 is 2.50 bits per heavy atom. The van der Waals surface area contributed by atoms with Crippen LogP contribution in [0.3, 0.4) is 0 Å². The number of rotatable bonds is 2. The first-order valence-electron chi connectivity index (χ1n) is 3.16. The van der Waals surface area contributed by atoms with Gasteiger partial charge >= 0.3 is 5.92 Å². The van der Waals surface area contributed by atoms with Gasteiger partial charge in [0.1, 0.15) is 5.82 Å². The maximum Gasteiger partial charge on any atom is 0.327 e. The highest BCUT2D eigenvalue weighted by Crippen LogP contribution is 2.25. The minimum atomic E-state index is -3.60. The summed E-state index contributed by atoms with van der Waals surface area (Å²) in [5.41, 5.74) is -0.627. The molecule has 0 spiro atoms. The lowest BCUT2D eigenvalue weighted by Gasteiger charge is -2.07. The summed E-state index contributed by atoms with van der Waals surface area (Å²) in [6.07, 6.45) is -0.512. The fraction of sp³-hybridized carbons (Fsp3) is 0.125. The standard InChI is InChI=1S/C8H5F3O/c9-7-3-1-2-6(4-7)8(10,11)5-12/h1-5H. The lowest BCUT2D eigenvalue weighted by Crippen LogP contribution is -2.14. The monoisotopic (exact) mass is 174 g/mol. The number of benzene rings is 1. The van der Waals surface area contributed by atoms with E-state index in [0.717, 1.165) is 18.2 Å². The lowest BCUT2D eigenvalue weighted by atomic mass is 10.1. The minimum absolute atomic E-state index is 0.512. The number of carbonyl (C=O) groups is 1. The number of alkyl halides is 2. The Bertz CT molecular complexity index is 296. The molecule has 0 fully saturated rings. The second kappa shape index (κ2) is 2.97. The van der Waals surface area contributed by atoms with Crippen LogP contribution in [0.1, 0.15) is 5.56 Å². The smallest absolute Gasteiger partial charge is 0.296 e. The van der Waals surface area contributed by atoms with Gasteiger partial charge in [-0.1, -0.05) is 12.1 Å². The summed E-state index contributed by atoms with van der Waals surface area (Å²) in [6.45, 7) is 0. The topological polar surface area (TPSA) is 17.1 Å². The molecule has 0 aromatic heterocycles. The van der Waals surface area contributed by atoms with Crippen LogP contribution in [-0.4, -0.2) is 6.29 Å². The van der Waals surface area contributed by atoms with Gasteiger partial charge in [-0.3, -0.25) is 4.79 Å². The van der Waals surface area contributed by atoms with Crippen LogP contribution >= 0.6 is 0 Å². The number of carbonyl (C=O) groups excluding carboxylic acids is 1. The highest BCUT2D eigenvalue weighted by Gasteiger charge is 2.30. The lowest BCUT2D eigenvalue weighted by molar-refractivity contribution is -0.130. The number of aldehydes is 1. The van der Waals surface area contributed by atoms with Crippen molar-refractivity contribution in [1.29, 1.82) is 0 Å². The van der Waals surface area contributed by atoms with Crippen molar-refractivity contribution < 1.29 is 18.0 Å². The third kappa shape index (κ3) is 1.64. The summed E-state index contributed by atoms with van der Waals surface area (Å²) in [4.78, 5) is 9.87. The molecule has 0 saturated heterocycles. The van der Waals surface area contributed by atoms with Crippen LogP contribution in [0.5, 0.6) is 0 Å². The summed E-state index contributed by atoms with van der Waals surface area (Å²) in [5, 5.41) is 0. The van der Waals surface area contributed by atoms with Gasteiger partial charge in [-0.05, 0) is 12.1 Å². The van der Waals surface area contributed by atoms with Crippen LogP contribution in [-0.2, 0) is 10.7 Å². The highest BCUT2D eigenvalue weighted by atomic mass is 19.3. The molecule has 0 radical (unpaired) electrons. The Labute approximate surface area is 66.8 Å². The van der Waals surface area contributed by atoms with Gasteiger partial charge in [0.05, 0.1) is 0 Å². The molecule has 1 aromatic rings. The molecule has 12 heavy (non-hydrogen) atoms. The molecule has 0 saturated carbocycles. The van der Waals surface area contributed by atoms with Crippen LogP contribution < -0.4 is 0 Å². The van der Waals surface area contributed by atoms with Crippen LogP contribution in [0.25, 0.3) is 0 Å². The van der Waals surface area contributed by atoms with Crippen molar-refractivity contribution in [2.24, 2.45) is 0 Å². The molecule has 0 unspecified atom stereocenters. The van der Waals surface area contributed by atoms with Crippen molar-refractivity contribution in [1.82, 2.24) is 0 Å². The third-order valence-corrected chi connectivity index (χ3v) is 1.36. The van der Waals surface area contributed by atoms with Gasteiger partial charge in [0, 0.05) is 5.56 Å². The first-order chi connectivity index (χ1) is 5.56. The first kappa shape index (κ1) is 8.77. The maximum atomic E-state index is 12.5. The number of hydrogen-bond acceptors (Lipinski definition) is 1. The molecule has 0 aliphatic heterocycles. The summed E-state index contributed by atoms with van der Waals surface area (Å²) in [5.74, 6) is -4.38. The van der Waals surface area contributed by atoms with Gasteiger partial charge in [0.2, 0.25) is 0 Å². The van der Waals surface area contributed by atoms with Crippen molar-refractivity contribution in [2.45, 2.75) is 5.92 Å². The van der Waals surface area contributed by atoms with Crippen molar-refractivity contribution >= 4 is 6.29 Å². The molecule has 0 bridgehead atoms. The fourth-order valence-electron chi connectivity index (χ4n) is 0.764. The second-order valence-corrected chi connectivity index (χ2v) is 2.25. The van der Waals surface area contributed by atoms with E-state index in [9.17, 15) is 18.0 Å². The van der Waals surface area contributed by atoms with E-state index in [4.69, 9.17) is 0 Å². The van der Waals surface area contributed by atoms with Gasteiger partial charge in [0.25, 0.3) is 0 Å². The second-order valence-electron chi connectivity index (χ2n) is 2.25. The average molecular weight is 174 g/mol.